The zero-order valence-corrected chi connectivity index (χ0v) is 15.5. The molecule has 0 saturated carbocycles. The van der Waals surface area contributed by atoms with Gasteiger partial charge in [0, 0.05) is 25.2 Å². The number of guanidine groups is 1. The van der Waals surface area contributed by atoms with Crippen molar-refractivity contribution < 1.29 is 9.53 Å². The van der Waals surface area contributed by atoms with Crippen molar-refractivity contribution in [1.82, 2.24) is 20.2 Å². The van der Waals surface area contributed by atoms with Crippen molar-refractivity contribution in [3.63, 3.8) is 0 Å². The van der Waals surface area contributed by atoms with Crippen LogP contribution in [0.2, 0.25) is 0 Å². The number of amides is 1. The van der Waals surface area contributed by atoms with Gasteiger partial charge in [0.05, 0.1) is 11.7 Å². The van der Waals surface area contributed by atoms with E-state index >= 15 is 0 Å². The van der Waals surface area contributed by atoms with E-state index in [1.165, 1.54) is 7.05 Å². The van der Waals surface area contributed by atoms with Crippen LogP contribution in [0.4, 0.5) is 0 Å². The molecule has 8 nitrogen and oxygen atoms in total. The molecule has 0 atom stereocenters. The molecule has 140 valence electrons. The normalized spacial score (nSPS) is 11.8. The molecule has 0 saturated heterocycles. The van der Waals surface area contributed by atoms with E-state index in [4.69, 9.17) is 10.5 Å². The number of carbonyl (C=O) groups excluding carboxylic acids is 1. The van der Waals surface area contributed by atoms with Gasteiger partial charge < -0.3 is 20.4 Å². The molecule has 0 fully saturated rings. The van der Waals surface area contributed by atoms with Gasteiger partial charge in [-0.2, -0.15) is 0 Å². The van der Waals surface area contributed by atoms with Gasteiger partial charge in [-0.15, -0.1) is 0 Å². The standard InChI is InChI=1S/C19H22N6O2/c1-21-19(20)24-18(26)15-8-13-5-4-6-16(17(13)23-15)27-14-7-12(9-22-10-14)11-25(2)3/h4-10,23H,11H2,1-3H3,(H3,20,21,24,26). The molecular weight excluding hydrogens is 344 g/mol. The molecule has 0 spiro atoms. The van der Waals surface area contributed by atoms with Gasteiger partial charge in [0.2, 0.25) is 0 Å². The Hall–Kier alpha value is -3.39. The summed E-state index contributed by atoms with van der Waals surface area (Å²) >= 11 is 0. The molecule has 0 aliphatic carbocycles. The van der Waals surface area contributed by atoms with Gasteiger partial charge in [-0.25, -0.2) is 0 Å². The third-order valence-electron chi connectivity index (χ3n) is 3.84. The topological polar surface area (TPSA) is 109 Å². The number of hydrogen-bond donors (Lipinski definition) is 3. The van der Waals surface area contributed by atoms with Crippen molar-refractivity contribution in [2.75, 3.05) is 21.1 Å². The summed E-state index contributed by atoms with van der Waals surface area (Å²) < 4.78 is 6.02. The molecule has 8 heteroatoms. The first kappa shape index (κ1) is 18.4. The number of benzene rings is 1. The fourth-order valence-electron chi connectivity index (χ4n) is 2.67. The minimum atomic E-state index is -0.366. The van der Waals surface area contributed by atoms with Crippen LogP contribution in [-0.2, 0) is 6.54 Å². The fraction of sp³-hybridized carbons (Fsp3) is 0.211. The summed E-state index contributed by atoms with van der Waals surface area (Å²) in [5, 5.41) is 3.35. The zero-order valence-electron chi connectivity index (χ0n) is 15.5. The lowest BCUT2D eigenvalue weighted by Crippen LogP contribution is -2.36. The van der Waals surface area contributed by atoms with Crippen LogP contribution in [0.25, 0.3) is 10.9 Å². The van der Waals surface area contributed by atoms with Crippen molar-refractivity contribution in [2.24, 2.45) is 10.7 Å². The van der Waals surface area contributed by atoms with Gasteiger partial charge in [0.15, 0.2) is 11.7 Å². The van der Waals surface area contributed by atoms with Crippen LogP contribution < -0.4 is 15.8 Å². The summed E-state index contributed by atoms with van der Waals surface area (Å²) in [6.07, 6.45) is 3.47. The highest BCUT2D eigenvalue weighted by atomic mass is 16.5. The number of aromatic nitrogens is 2. The number of fused-ring (bicyclic) bond motifs is 1. The first-order valence-corrected chi connectivity index (χ1v) is 8.38. The molecule has 2 heterocycles. The van der Waals surface area contributed by atoms with Gasteiger partial charge in [0.25, 0.3) is 5.91 Å². The molecule has 0 bridgehead atoms. The van der Waals surface area contributed by atoms with E-state index in [1.54, 1.807) is 12.3 Å². The maximum atomic E-state index is 12.2. The number of aliphatic imine (C=N–C) groups is 1. The van der Waals surface area contributed by atoms with E-state index in [0.717, 1.165) is 17.5 Å². The van der Waals surface area contributed by atoms with E-state index in [1.807, 2.05) is 44.6 Å². The Labute approximate surface area is 157 Å². The van der Waals surface area contributed by atoms with Crippen LogP contribution in [0.3, 0.4) is 0 Å². The van der Waals surface area contributed by atoms with Crippen molar-refractivity contribution in [2.45, 2.75) is 6.54 Å². The van der Waals surface area contributed by atoms with E-state index in [2.05, 4.69) is 25.2 Å². The number of rotatable bonds is 5. The molecule has 0 aliphatic heterocycles. The first-order chi connectivity index (χ1) is 13.0. The van der Waals surface area contributed by atoms with Crippen LogP contribution in [-0.4, -0.2) is 47.9 Å². The van der Waals surface area contributed by atoms with Gasteiger partial charge >= 0.3 is 0 Å². The third kappa shape index (κ3) is 4.42. The summed E-state index contributed by atoms with van der Waals surface area (Å²) in [7, 11) is 5.50. The second-order valence-electron chi connectivity index (χ2n) is 6.34. The third-order valence-corrected chi connectivity index (χ3v) is 3.84. The number of nitrogens with one attached hydrogen (secondary N) is 2. The molecule has 1 aromatic carbocycles. The lowest BCUT2D eigenvalue weighted by molar-refractivity contribution is 0.0972. The van der Waals surface area contributed by atoms with Crippen LogP contribution in [0, 0.1) is 0 Å². The number of hydrogen-bond acceptors (Lipinski definition) is 5. The van der Waals surface area contributed by atoms with E-state index in [0.29, 0.717) is 22.7 Å². The highest BCUT2D eigenvalue weighted by molar-refractivity contribution is 6.07. The first-order valence-electron chi connectivity index (χ1n) is 8.38. The summed E-state index contributed by atoms with van der Waals surface area (Å²) in [5.74, 6) is 0.922. The Balaban J connectivity index is 1.88. The average Bonchev–Trinajstić information content (AvgIpc) is 3.07. The monoisotopic (exact) mass is 366 g/mol. The Morgan fingerprint density at radius 3 is 2.89 bits per heavy atom. The quantitative estimate of drug-likeness (QED) is 0.473. The van der Waals surface area contributed by atoms with Crippen molar-refractivity contribution in [3.8, 4) is 11.5 Å². The van der Waals surface area contributed by atoms with Crippen molar-refractivity contribution >= 4 is 22.8 Å². The number of para-hydroxylation sites is 1. The van der Waals surface area contributed by atoms with Crippen molar-refractivity contribution in [1.29, 1.82) is 0 Å². The van der Waals surface area contributed by atoms with Crippen LogP contribution in [0.15, 0.2) is 47.7 Å². The predicted molar refractivity (Wildman–Crippen MR) is 105 cm³/mol. The minimum absolute atomic E-state index is 0.0545. The molecular formula is C19H22N6O2. The summed E-state index contributed by atoms with van der Waals surface area (Å²) in [6.45, 7) is 0.766. The van der Waals surface area contributed by atoms with Crippen LogP contribution in [0.5, 0.6) is 11.5 Å². The highest BCUT2D eigenvalue weighted by Crippen LogP contribution is 2.30. The number of nitrogens with zero attached hydrogens (tertiary/aromatic N) is 3. The van der Waals surface area contributed by atoms with Crippen LogP contribution >= 0.6 is 0 Å². The lowest BCUT2D eigenvalue weighted by Gasteiger charge is -2.11. The van der Waals surface area contributed by atoms with Gasteiger partial charge in [-0.3, -0.25) is 20.1 Å². The summed E-state index contributed by atoms with van der Waals surface area (Å²) in [5.41, 5.74) is 7.69. The molecule has 0 radical (unpaired) electrons. The molecule has 3 aromatic rings. The van der Waals surface area contributed by atoms with E-state index in [9.17, 15) is 4.79 Å². The Morgan fingerprint density at radius 2 is 2.15 bits per heavy atom. The van der Waals surface area contributed by atoms with Crippen molar-refractivity contribution in [3.05, 3.63) is 54.0 Å². The van der Waals surface area contributed by atoms with Gasteiger partial charge in [-0.1, -0.05) is 12.1 Å². The molecule has 27 heavy (non-hydrogen) atoms. The van der Waals surface area contributed by atoms with Gasteiger partial charge in [0.1, 0.15) is 11.4 Å². The molecule has 0 unspecified atom stereocenters. The van der Waals surface area contributed by atoms with E-state index in [-0.39, 0.29) is 11.9 Å². The largest absolute Gasteiger partial charge is 0.454 e. The fourth-order valence-corrected chi connectivity index (χ4v) is 2.67. The molecule has 0 aliphatic rings. The van der Waals surface area contributed by atoms with E-state index < -0.39 is 0 Å². The maximum Gasteiger partial charge on any atom is 0.274 e. The summed E-state index contributed by atoms with van der Waals surface area (Å²) in [6, 6.07) is 9.28. The predicted octanol–water partition coefficient (Wildman–Crippen LogP) is 2.09. The average molecular weight is 366 g/mol. The molecule has 2 aromatic heterocycles. The smallest absolute Gasteiger partial charge is 0.274 e. The lowest BCUT2D eigenvalue weighted by atomic mass is 10.2. The number of ether oxygens (including phenoxy) is 1. The minimum Gasteiger partial charge on any atom is -0.454 e. The van der Waals surface area contributed by atoms with Gasteiger partial charge in [-0.05, 0) is 37.9 Å². The Kier molecular flexibility index (Phi) is 5.37. The summed E-state index contributed by atoms with van der Waals surface area (Å²) in [4.78, 5) is 25.3. The zero-order chi connectivity index (χ0) is 19.4. The Morgan fingerprint density at radius 1 is 1.33 bits per heavy atom. The molecule has 1 amide bonds. The van der Waals surface area contributed by atoms with Crippen LogP contribution in [0.1, 0.15) is 16.1 Å². The second-order valence-corrected chi connectivity index (χ2v) is 6.34. The molecule has 3 rings (SSSR count). The SMILES string of the molecule is CN=C(N)NC(=O)c1cc2cccc(Oc3cncc(CN(C)C)c3)c2[nH]1. The number of nitrogens with two attached hydrogens (primary N) is 1. The maximum absolute atomic E-state index is 12.2. The highest BCUT2D eigenvalue weighted by Gasteiger charge is 2.13. The number of pyridine rings is 1. The molecule has 4 N–H and O–H groups in total. The number of carbonyl (C=O) groups is 1. The number of aromatic amines is 1. The number of H-pyrrole nitrogens is 1. The Bertz CT molecular complexity index is 993. The second kappa shape index (κ2) is 7.88.